The van der Waals surface area contributed by atoms with E-state index in [-0.39, 0.29) is 11.3 Å². The van der Waals surface area contributed by atoms with Crippen molar-refractivity contribution in [3.63, 3.8) is 0 Å². The average Bonchev–Trinajstić information content (AvgIpc) is 3.24. The molecule has 0 radical (unpaired) electrons. The van der Waals surface area contributed by atoms with E-state index in [1.165, 1.54) is 12.1 Å². The lowest BCUT2D eigenvalue weighted by Gasteiger charge is -2.11. The van der Waals surface area contributed by atoms with Crippen molar-refractivity contribution in [1.29, 1.82) is 0 Å². The summed E-state index contributed by atoms with van der Waals surface area (Å²) in [6.45, 7) is 0. The summed E-state index contributed by atoms with van der Waals surface area (Å²) in [5, 5.41) is 4.23. The highest BCUT2D eigenvalue weighted by molar-refractivity contribution is 5.92. The van der Waals surface area contributed by atoms with Crippen LogP contribution < -0.4 is 10.5 Å². The molecule has 130 valence electrons. The van der Waals surface area contributed by atoms with E-state index in [0.717, 1.165) is 17.5 Å². The quantitative estimate of drug-likeness (QED) is 0.612. The second-order valence-electron chi connectivity index (χ2n) is 5.73. The van der Waals surface area contributed by atoms with E-state index in [1.54, 1.807) is 29.0 Å². The zero-order chi connectivity index (χ0) is 18.3. The molecule has 0 aliphatic carbocycles. The van der Waals surface area contributed by atoms with Gasteiger partial charge in [-0.05, 0) is 30.3 Å². The third kappa shape index (κ3) is 2.67. The number of carbonyl (C=O) groups excluding carboxylic acids is 1. The topological polar surface area (TPSA) is 87.4 Å². The number of benzene rings is 1. The van der Waals surface area contributed by atoms with Gasteiger partial charge in [-0.1, -0.05) is 0 Å². The number of nitrogens with zero attached hydrogens (tertiary/aromatic N) is 4. The van der Waals surface area contributed by atoms with Gasteiger partial charge in [-0.2, -0.15) is 5.10 Å². The van der Waals surface area contributed by atoms with Gasteiger partial charge in [0, 0.05) is 36.8 Å². The number of pyridine rings is 1. The van der Waals surface area contributed by atoms with Crippen LogP contribution in [0.15, 0.2) is 55.1 Å². The molecule has 0 atom stereocenters. The van der Waals surface area contributed by atoms with E-state index in [4.69, 9.17) is 10.5 Å². The minimum Gasteiger partial charge on any atom is -0.452 e. The lowest BCUT2D eigenvalue weighted by atomic mass is 10.2. The van der Waals surface area contributed by atoms with Crippen LogP contribution >= 0.6 is 0 Å². The Labute approximate surface area is 147 Å². The number of hydrogen-bond acceptors (Lipinski definition) is 4. The Morgan fingerprint density at radius 2 is 2.04 bits per heavy atom. The van der Waals surface area contributed by atoms with Gasteiger partial charge in [0.05, 0.1) is 6.20 Å². The number of nitrogens with two attached hydrogens (primary N) is 1. The Morgan fingerprint density at radius 1 is 1.19 bits per heavy atom. The molecule has 0 unspecified atom stereocenters. The fraction of sp³-hybridized carbons (Fsp3) is 0.0556. The number of imidazole rings is 1. The number of rotatable bonds is 4. The fourth-order valence-corrected chi connectivity index (χ4v) is 2.70. The van der Waals surface area contributed by atoms with Crippen molar-refractivity contribution in [3.05, 3.63) is 66.5 Å². The van der Waals surface area contributed by atoms with Crippen molar-refractivity contribution in [1.82, 2.24) is 19.2 Å². The third-order valence-corrected chi connectivity index (χ3v) is 3.99. The van der Waals surface area contributed by atoms with Crippen molar-refractivity contribution in [3.8, 4) is 22.9 Å². The maximum atomic E-state index is 14.3. The van der Waals surface area contributed by atoms with Crippen LogP contribution in [0.2, 0.25) is 0 Å². The summed E-state index contributed by atoms with van der Waals surface area (Å²) >= 11 is 0. The van der Waals surface area contributed by atoms with Crippen LogP contribution in [0.3, 0.4) is 0 Å². The van der Waals surface area contributed by atoms with Crippen molar-refractivity contribution in [2.45, 2.75) is 0 Å². The molecule has 0 aliphatic rings. The summed E-state index contributed by atoms with van der Waals surface area (Å²) in [5.74, 6) is -0.271. The largest absolute Gasteiger partial charge is 0.452 e. The van der Waals surface area contributed by atoms with Crippen LogP contribution in [0, 0.1) is 5.82 Å². The smallest absolute Gasteiger partial charge is 0.248 e. The summed E-state index contributed by atoms with van der Waals surface area (Å²) in [6, 6.07) is 7.36. The molecule has 1 amide bonds. The van der Waals surface area contributed by atoms with Gasteiger partial charge in [-0.3, -0.25) is 4.79 Å². The van der Waals surface area contributed by atoms with Crippen LogP contribution in [0.25, 0.3) is 16.9 Å². The van der Waals surface area contributed by atoms with E-state index in [9.17, 15) is 9.18 Å². The van der Waals surface area contributed by atoms with E-state index < -0.39 is 11.7 Å². The molecule has 3 heterocycles. The first-order valence-corrected chi connectivity index (χ1v) is 7.75. The zero-order valence-electron chi connectivity index (χ0n) is 13.8. The molecule has 4 aromatic rings. The van der Waals surface area contributed by atoms with Gasteiger partial charge >= 0.3 is 0 Å². The molecule has 0 fully saturated rings. The van der Waals surface area contributed by atoms with Crippen LogP contribution in [0.4, 0.5) is 4.39 Å². The number of hydrogen-bond donors (Lipinski definition) is 1. The summed E-state index contributed by atoms with van der Waals surface area (Å²) in [5.41, 5.74) is 6.67. The number of amides is 1. The maximum Gasteiger partial charge on any atom is 0.248 e. The molecule has 0 spiro atoms. The molecular formula is C18H14FN5O2. The van der Waals surface area contributed by atoms with Gasteiger partial charge in [-0.25, -0.2) is 13.9 Å². The first-order valence-electron chi connectivity index (χ1n) is 7.75. The number of primary amides is 1. The summed E-state index contributed by atoms with van der Waals surface area (Å²) < 4.78 is 23.5. The van der Waals surface area contributed by atoms with Crippen molar-refractivity contribution >= 4 is 11.4 Å². The summed E-state index contributed by atoms with van der Waals surface area (Å²) in [7, 11) is 1.87. The second kappa shape index (κ2) is 5.99. The zero-order valence-corrected chi connectivity index (χ0v) is 13.8. The maximum absolute atomic E-state index is 14.3. The second-order valence-corrected chi connectivity index (χ2v) is 5.73. The lowest BCUT2D eigenvalue weighted by Crippen LogP contribution is -2.11. The minimum atomic E-state index is -0.703. The van der Waals surface area contributed by atoms with E-state index in [2.05, 4.69) is 10.1 Å². The van der Waals surface area contributed by atoms with Crippen LogP contribution in [-0.4, -0.2) is 25.1 Å². The highest BCUT2D eigenvalue weighted by Crippen LogP contribution is 2.32. The van der Waals surface area contributed by atoms with E-state index in [0.29, 0.717) is 11.3 Å². The predicted molar refractivity (Wildman–Crippen MR) is 92.4 cm³/mol. The Kier molecular flexibility index (Phi) is 3.65. The molecule has 26 heavy (non-hydrogen) atoms. The van der Waals surface area contributed by atoms with Gasteiger partial charge in [0.15, 0.2) is 17.3 Å². The molecule has 0 saturated heterocycles. The first kappa shape index (κ1) is 15.8. The monoisotopic (exact) mass is 351 g/mol. The number of aryl methyl sites for hydroxylation is 1. The van der Waals surface area contributed by atoms with Crippen molar-refractivity contribution in [2.75, 3.05) is 0 Å². The molecule has 3 aromatic heterocycles. The Balaban J connectivity index is 1.80. The fourth-order valence-electron chi connectivity index (χ4n) is 2.70. The first-order chi connectivity index (χ1) is 12.5. The van der Waals surface area contributed by atoms with E-state index in [1.807, 2.05) is 24.0 Å². The van der Waals surface area contributed by atoms with Crippen LogP contribution in [0.1, 0.15) is 10.4 Å². The molecule has 4 rings (SSSR count). The molecular weight excluding hydrogens is 337 g/mol. The molecule has 8 heteroatoms. The summed E-state index contributed by atoms with van der Waals surface area (Å²) in [6.07, 6.45) is 6.95. The van der Waals surface area contributed by atoms with Crippen LogP contribution in [0.5, 0.6) is 11.5 Å². The highest BCUT2D eigenvalue weighted by atomic mass is 19.1. The SMILES string of the molecule is Cn1ccnc1-c1cc(Oc2ccc(C(N)=O)cc2F)c2ccnn2c1. The normalized spacial score (nSPS) is 11.0. The molecule has 0 aliphatic heterocycles. The molecule has 7 nitrogen and oxygen atoms in total. The predicted octanol–water partition coefficient (Wildman–Crippen LogP) is 2.77. The van der Waals surface area contributed by atoms with Crippen LogP contribution in [-0.2, 0) is 7.05 Å². The number of ether oxygens (including phenoxy) is 1. The van der Waals surface area contributed by atoms with Gasteiger partial charge < -0.3 is 15.0 Å². The molecule has 2 N–H and O–H groups in total. The van der Waals surface area contributed by atoms with Gasteiger partial charge in [0.1, 0.15) is 11.3 Å². The summed E-state index contributed by atoms with van der Waals surface area (Å²) in [4.78, 5) is 15.5. The Morgan fingerprint density at radius 3 is 2.73 bits per heavy atom. The minimum absolute atomic E-state index is 0.0184. The van der Waals surface area contributed by atoms with Gasteiger partial charge in [0.25, 0.3) is 0 Å². The molecule has 0 saturated carbocycles. The third-order valence-electron chi connectivity index (χ3n) is 3.99. The average molecular weight is 351 g/mol. The van der Waals surface area contributed by atoms with Crippen molar-refractivity contribution < 1.29 is 13.9 Å². The van der Waals surface area contributed by atoms with E-state index >= 15 is 0 Å². The number of fused-ring (bicyclic) bond motifs is 1. The van der Waals surface area contributed by atoms with Crippen molar-refractivity contribution in [2.24, 2.45) is 12.8 Å². The Bertz CT molecular complexity index is 1130. The Hall–Kier alpha value is -3.68. The molecule has 1 aromatic carbocycles. The number of aromatic nitrogens is 4. The van der Waals surface area contributed by atoms with Gasteiger partial charge in [-0.15, -0.1) is 0 Å². The highest BCUT2D eigenvalue weighted by Gasteiger charge is 2.14. The number of halogens is 1. The standard InChI is InChI=1S/C18H14FN5O2/c1-23-7-6-21-18(23)12-9-16(14-4-5-22-24(14)10-12)26-15-3-2-11(17(20)25)8-13(15)19/h2-10H,1H3,(H2,20,25). The van der Waals surface area contributed by atoms with Gasteiger partial charge in [0.2, 0.25) is 5.91 Å². The lowest BCUT2D eigenvalue weighted by molar-refractivity contribution is 0.1000. The number of carbonyl (C=O) groups is 1. The molecule has 0 bridgehead atoms.